The second-order valence-corrected chi connectivity index (χ2v) is 10.9. The van der Waals surface area contributed by atoms with Crippen molar-refractivity contribution in [3.63, 3.8) is 0 Å². The number of furan rings is 2. The van der Waals surface area contributed by atoms with Crippen LogP contribution in [-0.4, -0.2) is 9.97 Å². The summed E-state index contributed by atoms with van der Waals surface area (Å²) in [7, 11) is 0. The van der Waals surface area contributed by atoms with Crippen molar-refractivity contribution in [3.8, 4) is 0 Å². The Morgan fingerprint density at radius 2 is 1.07 bits per heavy atom. The molecule has 188 valence electrons. The van der Waals surface area contributed by atoms with Crippen molar-refractivity contribution >= 4 is 92.7 Å². The average Bonchev–Trinajstić information content (AvgIpc) is 3.68. The fraction of sp³-hybridized carbons (Fsp3) is 0. The molecule has 4 aromatic carbocycles. The van der Waals surface area contributed by atoms with Gasteiger partial charge < -0.3 is 13.7 Å². The largest absolute Gasteiger partial charge is 0.454 e. The summed E-state index contributed by atoms with van der Waals surface area (Å²) >= 11 is 1.79. The van der Waals surface area contributed by atoms with Crippen LogP contribution in [0.25, 0.3) is 64.3 Å². The van der Waals surface area contributed by atoms with Gasteiger partial charge in [-0.25, -0.2) is 9.97 Å². The highest BCUT2D eigenvalue weighted by atomic mass is 32.1. The van der Waals surface area contributed by atoms with Crippen LogP contribution < -0.4 is 4.90 Å². The molecule has 0 aliphatic carbocycles. The molecule has 0 fully saturated rings. The predicted molar refractivity (Wildman–Crippen MR) is 164 cm³/mol. The molecule has 0 unspecified atom stereocenters. The monoisotopic (exact) mass is 533 g/mol. The van der Waals surface area contributed by atoms with Crippen molar-refractivity contribution in [2.24, 2.45) is 0 Å². The normalized spacial score (nSPS) is 12.0. The highest BCUT2D eigenvalue weighted by Gasteiger charge is 2.21. The van der Waals surface area contributed by atoms with E-state index in [4.69, 9.17) is 18.8 Å². The van der Waals surface area contributed by atoms with Crippen molar-refractivity contribution in [3.05, 3.63) is 116 Å². The van der Waals surface area contributed by atoms with Gasteiger partial charge in [-0.05, 0) is 36.4 Å². The molecule has 6 heteroatoms. The van der Waals surface area contributed by atoms with Gasteiger partial charge in [0, 0.05) is 38.4 Å². The van der Waals surface area contributed by atoms with E-state index in [2.05, 4.69) is 59.5 Å². The maximum atomic E-state index is 6.24. The summed E-state index contributed by atoms with van der Waals surface area (Å²) in [6.45, 7) is 0. The fourth-order valence-corrected chi connectivity index (χ4v) is 6.95. The summed E-state index contributed by atoms with van der Waals surface area (Å²) in [5.41, 5.74) is 7.65. The Labute approximate surface area is 231 Å². The molecule has 0 radical (unpaired) electrons. The Hall–Kier alpha value is -5.20. The molecule has 9 aromatic rings. The van der Waals surface area contributed by atoms with Crippen molar-refractivity contribution in [1.82, 2.24) is 9.97 Å². The SMILES string of the molecule is c1ccc2c(c1)oc1cc(N(c3cnc4c(c3)oc3ccccc34)c3cccc4c3sc3ccccc34)cnc12. The van der Waals surface area contributed by atoms with Crippen molar-refractivity contribution in [2.45, 2.75) is 0 Å². The molecule has 40 heavy (non-hydrogen) atoms. The number of hydrogen-bond donors (Lipinski definition) is 0. The third kappa shape index (κ3) is 3.08. The summed E-state index contributed by atoms with van der Waals surface area (Å²) in [4.78, 5) is 12.0. The summed E-state index contributed by atoms with van der Waals surface area (Å²) in [5, 5.41) is 4.49. The standard InChI is InChI=1S/C34H19N3O2S/c1-4-13-27-24(9-1)32-29(38-27)16-20(18-35-32)37(21-17-30-33(36-19-21)25-10-2-5-14-28(25)39-30)26-12-7-11-23-22-8-3-6-15-31(22)40-34(23)26/h1-19H. The molecule has 0 aliphatic rings. The highest BCUT2D eigenvalue weighted by Crippen LogP contribution is 2.45. The molecule has 0 saturated heterocycles. The Kier molecular flexibility index (Phi) is 4.42. The Balaban J connectivity index is 1.33. The molecule has 5 nitrogen and oxygen atoms in total. The van der Waals surface area contributed by atoms with Gasteiger partial charge in [0.1, 0.15) is 22.2 Å². The van der Waals surface area contributed by atoms with E-state index < -0.39 is 0 Å². The minimum absolute atomic E-state index is 0.741. The van der Waals surface area contributed by atoms with Crippen LogP contribution >= 0.6 is 11.3 Å². The van der Waals surface area contributed by atoms with Crippen LogP contribution in [-0.2, 0) is 0 Å². The van der Waals surface area contributed by atoms with Crippen LogP contribution in [0.5, 0.6) is 0 Å². The van der Waals surface area contributed by atoms with Crippen LogP contribution in [0.2, 0.25) is 0 Å². The first kappa shape index (κ1) is 21.7. The summed E-state index contributed by atoms with van der Waals surface area (Å²) in [5.74, 6) is 0. The number of hydrogen-bond acceptors (Lipinski definition) is 6. The van der Waals surface area contributed by atoms with Crippen molar-refractivity contribution < 1.29 is 8.83 Å². The minimum Gasteiger partial charge on any atom is -0.454 e. The lowest BCUT2D eigenvalue weighted by atomic mass is 10.1. The predicted octanol–water partition coefficient (Wildman–Crippen LogP) is 10.1. The first-order valence-electron chi connectivity index (χ1n) is 13.1. The highest BCUT2D eigenvalue weighted by molar-refractivity contribution is 7.26. The van der Waals surface area contributed by atoms with Gasteiger partial charge in [0.25, 0.3) is 0 Å². The van der Waals surface area contributed by atoms with Gasteiger partial charge in [0.2, 0.25) is 0 Å². The molecule has 0 aliphatic heterocycles. The summed E-state index contributed by atoms with van der Waals surface area (Å²) in [6, 6.07) is 35.2. The smallest absolute Gasteiger partial charge is 0.155 e. The van der Waals surface area contributed by atoms with Crippen LogP contribution in [0.15, 0.2) is 124 Å². The molecule has 0 bridgehead atoms. The lowest BCUT2D eigenvalue weighted by Gasteiger charge is -2.25. The molecule has 0 atom stereocenters. The molecular weight excluding hydrogens is 514 g/mol. The maximum Gasteiger partial charge on any atom is 0.155 e. The van der Waals surface area contributed by atoms with E-state index in [1.807, 2.05) is 60.9 Å². The first-order valence-corrected chi connectivity index (χ1v) is 13.9. The number of nitrogens with zero attached hydrogens (tertiary/aromatic N) is 3. The zero-order valence-electron chi connectivity index (χ0n) is 21.0. The van der Waals surface area contributed by atoms with Crippen LogP contribution in [0, 0.1) is 0 Å². The first-order chi connectivity index (χ1) is 19.8. The Morgan fingerprint density at radius 1 is 0.525 bits per heavy atom. The lowest BCUT2D eigenvalue weighted by molar-refractivity contribution is 0.668. The van der Waals surface area contributed by atoms with E-state index in [1.54, 1.807) is 11.3 Å². The molecule has 0 saturated carbocycles. The van der Waals surface area contributed by atoms with E-state index in [1.165, 1.54) is 20.2 Å². The topological polar surface area (TPSA) is 55.3 Å². The van der Waals surface area contributed by atoms with E-state index >= 15 is 0 Å². The number of aromatic nitrogens is 2. The molecule has 5 heterocycles. The molecular formula is C34H19N3O2S. The van der Waals surface area contributed by atoms with Crippen molar-refractivity contribution in [1.29, 1.82) is 0 Å². The van der Waals surface area contributed by atoms with Crippen LogP contribution in [0.4, 0.5) is 17.1 Å². The molecule has 0 spiro atoms. The number of rotatable bonds is 3. The van der Waals surface area contributed by atoms with Gasteiger partial charge in [0.05, 0.1) is 34.2 Å². The van der Waals surface area contributed by atoms with Crippen molar-refractivity contribution in [2.75, 3.05) is 4.90 Å². The number of benzene rings is 4. The zero-order valence-corrected chi connectivity index (χ0v) is 21.9. The second kappa shape index (κ2) is 8.15. The molecule has 5 aromatic heterocycles. The quantitative estimate of drug-likeness (QED) is 0.226. The van der Waals surface area contributed by atoms with Gasteiger partial charge >= 0.3 is 0 Å². The second-order valence-electron chi connectivity index (χ2n) is 9.86. The van der Waals surface area contributed by atoms with E-state index in [-0.39, 0.29) is 0 Å². The van der Waals surface area contributed by atoms with Gasteiger partial charge in [-0.3, -0.25) is 0 Å². The summed E-state index contributed by atoms with van der Waals surface area (Å²) in [6.07, 6.45) is 3.83. The maximum absolute atomic E-state index is 6.24. The van der Waals surface area contributed by atoms with E-state index in [9.17, 15) is 0 Å². The van der Waals surface area contributed by atoms with Gasteiger partial charge in [-0.15, -0.1) is 11.3 Å². The van der Waals surface area contributed by atoms with E-state index in [0.29, 0.717) is 0 Å². The molecule has 0 amide bonds. The molecule has 9 rings (SSSR count). The van der Waals surface area contributed by atoms with E-state index in [0.717, 1.165) is 61.2 Å². The fourth-order valence-electron chi connectivity index (χ4n) is 5.75. The minimum atomic E-state index is 0.741. The van der Waals surface area contributed by atoms with Crippen LogP contribution in [0.1, 0.15) is 0 Å². The Morgan fingerprint density at radius 3 is 1.73 bits per heavy atom. The van der Waals surface area contributed by atoms with Crippen LogP contribution in [0.3, 0.4) is 0 Å². The third-order valence-electron chi connectivity index (χ3n) is 7.54. The van der Waals surface area contributed by atoms with Gasteiger partial charge in [-0.2, -0.15) is 0 Å². The number of para-hydroxylation sites is 2. The number of fused-ring (bicyclic) bond motifs is 9. The zero-order chi connectivity index (χ0) is 26.2. The average molecular weight is 534 g/mol. The number of pyridine rings is 2. The number of anilines is 3. The summed E-state index contributed by atoms with van der Waals surface area (Å²) < 4.78 is 14.9. The number of thiophene rings is 1. The Bertz CT molecular complexity index is 2300. The molecule has 0 N–H and O–H groups in total. The van der Waals surface area contributed by atoms with Gasteiger partial charge in [-0.1, -0.05) is 54.6 Å². The lowest BCUT2D eigenvalue weighted by Crippen LogP contribution is -2.10. The third-order valence-corrected chi connectivity index (χ3v) is 8.75. The van der Waals surface area contributed by atoms with Gasteiger partial charge in [0.15, 0.2) is 11.2 Å².